The van der Waals surface area contributed by atoms with Crippen LogP contribution in [0.5, 0.6) is 0 Å². The minimum absolute atomic E-state index is 0.0790. The van der Waals surface area contributed by atoms with Crippen LogP contribution in [0.4, 0.5) is 10.5 Å². The van der Waals surface area contributed by atoms with Gasteiger partial charge in [0.1, 0.15) is 5.69 Å². The molecule has 100 valence electrons. The average molecular weight is 261 g/mol. The molecule has 6 heteroatoms. The van der Waals surface area contributed by atoms with Gasteiger partial charge in [0.15, 0.2) is 0 Å². The van der Waals surface area contributed by atoms with E-state index < -0.39 is 12.0 Å². The van der Waals surface area contributed by atoms with Crippen molar-refractivity contribution in [3.63, 3.8) is 0 Å². The quantitative estimate of drug-likeness (QED) is 0.703. The van der Waals surface area contributed by atoms with Crippen LogP contribution in [0.3, 0.4) is 0 Å². The summed E-state index contributed by atoms with van der Waals surface area (Å²) in [5, 5.41) is 14.0. The number of amides is 2. The second kappa shape index (κ2) is 7.01. The van der Waals surface area contributed by atoms with Crippen LogP contribution >= 0.6 is 0 Å². The first-order valence-electron chi connectivity index (χ1n) is 5.77. The molecule has 0 fully saturated rings. The van der Waals surface area contributed by atoms with Crippen molar-refractivity contribution < 1.29 is 14.7 Å². The number of carbonyl (C=O) groups excluding carboxylic acids is 1. The highest BCUT2D eigenvalue weighted by Crippen LogP contribution is 2.06. The lowest BCUT2D eigenvalue weighted by molar-refractivity contribution is 0.0690. The first kappa shape index (κ1) is 14.5. The van der Waals surface area contributed by atoms with Crippen LogP contribution < -0.4 is 10.6 Å². The third kappa shape index (κ3) is 4.68. The second-order valence-electron chi connectivity index (χ2n) is 3.85. The molecule has 0 bridgehead atoms. The number of nitrogens with zero attached hydrogens (tertiary/aromatic N) is 1. The van der Waals surface area contributed by atoms with Gasteiger partial charge >= 0.3 is 12.0 Å². The first-order valence-corrected chi connectivity index (χ1v) is 5.77. The average Bonchev–Trinajstić information content (AvgIpc) is 2.38. The number of urea groups is 1. The molecular formula is C13H15N3O3. The second-order valence-corrected chi connectivity index (χ2v) is 3.85. The molecule has 1 rings (SSSR count). The molecular weight excluding hydrogens is 246 g/mol. The monoisotopic (exact) mass is 261 g/mol. The van der Waals surface area contributed by atoms with E-state index in [-0.39, 0.29) is 11.7 Å². The molecule has 0 aromatic carbocycles. The topological polar surface area (TPSA) is 91.3 Å². The summed E-state index contributed by atoms with van der Waals surface area (Å²) in [6, 6.07) is 2.30. The van der Waals surface area contributed by atoms with E-state index in [1.54, 1.807) is 0 Å². The lowest BCUT2D eigenvalue weighted by Crippen LogP contribution is -2.37. The molecule has 0 aliphatic carbocycles. The van der Waals surface area contributed by atoms with E-state index in [2.05, 4.69) is 21.5 Å². The maximum absolute atomic E-state index is 11.6. The van der Waals surface area contributed by atoms with Gasteiger partial charge in [-0.05, 0) is 18.6 Å². The van der Waals surface area contributed by atoms with E-state index in [1.807, 2.05) is 6.92 Å². The minimum atomic E-state index is -1.11. The molecule has 1 aromatic rings. The Morgan fingerprint density at radius 3 is 2.74 bits per heavy atom. The fourth-order valence-corrected chi connectivity index (χ4v) is 1.39. The lowest BCUT2D eigenvalue weighted by Gasteiger charge is -2.14. The molecule has 6 nitrogen and oxygen atoms in total. The molecule has 0 saturated heterocycles. The zero-order valence-electron chi connectivity index (χ0n) is 10.5. The van der Waals surface area contributed by atoms with Crippen LogP contribution in [0.25, 0.3) is 0 Å². The molecule has 0 aliphatic rings. The standard InChI is InChI=1S/C13H15N3O3/c1-3-5-9(4-2)15-13(19)16-10-6-7-11(12(17)18)14-8-10/h1,6-9H,4-5H2,2H3,(H,17,18)(H2,15,16,19). The van der Waals surface area contributed by atoms with Crippen molar-refractivity contribution in [1.29, 1.82) is 0 Å². The van der Waals surface area contributed by atoms with Crippen LogP contribution in [0.1, 0.15) is 30.3 Å². The third-order valence-corrected chi connectivity index (χ3v) is 2.43. The third-order valence-electron chi connectivity index (χ3n) is 2.43. The van der Waals surface area contributed by atoms with Gasteiger partial charge in [0.2, 0.25) is 0 Å². The highest BCUT2D eigenvalue weighted by Gasteiger charge is 2.10. The molecule has 0 aliphatic heterocycles. The zero-order valence-corrected chi connectivity index (χ0v) is 10.5. The van der Waals surface area contributed by atoms with Gasteiger partial charge in [-0.1, -0.05) is 6.92 Å². The predicted octanol–water partition coefficient (Wildman–Crippen LogP) is 1.70. The van der Waals surface area contributed by atoms with Crippen LogP contribution in [-0.2, 0) is 0 Å². The van der Waals surface area contributed by atoms with Gasteiger partial charge in [-0.15, -0.1) is 12.3 Å². The summed E-state index contributed by atoms with van der Waals surface area (Å²) in [6.45, 7) is 1.92. The molecule has 0 radical (unpaired) electrons. The van der Waals surface area contributed by atoms with E-state index in [0.29, 0.717) is 12.1 Å². The lowest BCUT2D eigenvalue weighted by atomic mass is 10.2. The van der Waals surface area contributed by atoms with Crippen molar-refractivity contribution in [3.05, 3.63) is 24.0 Å². The Balaban J connectivity index is 2.57. The predicted molar refractivity (Wildman–Crippen MR) is 70.9 cm³/mol. The molecule has 1 aromatic heterocycles. The Morgan fingerprint density at radius 2 is 2.26 bits per heavy atom. The number of pyridine rings is 1. The van der Waals surface area contributed by atoms with E-state index in [9.17, 15) is 9.59 Å². The molecule has 1 heterocycles. The zero-order chi connectivity index (χ0) is 14.3. The highest BCUT2D eigenvalue weighted by molar-refractivity contribution is 5.90. The number of aromatic nitrogens is 1. The van der Waals surface area contributed by atoms with Crippen LogP contribution in [0, 0.1) is 12.3 Å². The Bertz CT molecular complexity index is 491. The molecule has 2 amide bonds. The number of nitrogens with one attached hydrogen (secondary N) is 2. The van der Waals surface area contributed by atoms with Gasteiger partial charge < -0.3 is 15.7 Å². The normalized spacial score (nSPS) is 11.2. The van der Waals surface area contributed by atoms with E-state index in [0.717, 1.165) is 6.42 Å². The molecule has 1 atom stereocenters. The van der Waals surface area contributed by atoms with Gasteiger partial charge in [0.25, 0.3) is 0 Å². The summed E-state index contributed by atoms with van der Waals surface area (Å²) in [5.41, 5.74) is 0.336. The van der Waals surface area contributed by atoms with Crippen molar-refractivity contribution in [2.75, 3.05) is 5.32 Å². The van der Waals surface area contributed by atoms with Crippen molar-refractivity contribution >= 4 is 17.7 Å². The summed E-state index contributed by atoms with van der Waals surface area (Å²) >= 11 is 0. The fraction of sp³-hybridized carbons (Fsp3) is 0.308. The number of anilines is 1. The Kier molecular flexibility index (Phi) is 5.35. The van der Waals surface area contributed by atoms with Crippen molar-refractivity contribution in [3.8, 4) is 12.3 Å². The van der Waals surface area contributed by atoms with E-state index in [1.165, 1.54) is 18.3 Å². The minimum Gasteiger partial charge on any atom is -0.477 e. The maximum atomic E-state index is 11.6. The van der Waals surface area contributed by atoms with Gasteiger partial charge in [-0.25, -0.2) is 14.6 Å². The highest BCUT2D eigenvalue weighted by atomic mass is 16.4. The van der Waals surface area contributed by atoms with Crippen molar-refractivity contribution in [2.24, 2.45) is 0 Å². The van der Waals surface area contributed by atoms with Crippen LogP contribution in [0.2, 0.25) is 0 Å². The van der Waals surface area contributed by atoms with Gasteiger partial charge in [0.05, 0.1) is 11.9 Å². The summed E-state index contributed by atoms with van der Waals surface area (Å²) in [4.78, 5) is 25.9. The summed E-state index contributed by atoms with van der Waals surface area (Å²) in [7, 11) is 0. The van der Waals surface area contributed by atoms with Crippen LogP contribution in [0.15, 0.2) is 18.3 Å². The number of terminal acetylenes is 1. The van der Waals surface area contributed by atoms with Gasteiger partial charge in [-0.2, -0.15) is 0 Å². The smallest absolute Gasteiger partial charge is 0.354 e. The molecule has 19 heavy (non-hydrogen) atoms. The van der Waals surface area contributed by atoms with E-state index in [4.69, 9.17) is 11.5 Å². The number of hydrogen-bond acceptors (Lipinski definition) is 3. The van der Waals surface area contributed by atoms with E-state index >= 15 is 0 Å². The number of carboxylic acid groups (broad SMARTS) is 1. The fourth-order valence-electron chi connectivity index (χ4n) is 1.39. The Labute approximate surface area is 111 Å². The number of rotatable bonds is 5. The van der Waals surface area contributed by atoms with Crippen molar-refractivity contribution in [1.82, 2.24) is 10.3 Å². The SMILES string of the molecule is C#CCC(CC)NC(=O)Nc1ccc(C(=O)O)nc1. The summed E-state index contributed by atoms with van der Waals surface area (Å²) in [6.07, 6.45) is 7.66. The Morgan fingerprint density at radius 1 is 1.53 bits per heavy atom. The largest absolute Gasteiger partial charge is 0.477 e. The van der Waals surface area contributed by atoms with Crippen molar-refractivity contribution in [2.45, 2.75) is 25.8 Å². The molecule has 0 saturated carbocycles. The Hall–Kier alpha value is -2.55. The molecule has 0 spiro atoms. The number of carbonyl (C=O) groups is 2. The molecule has 3 N–H and O–H groups in total. The number of hydrogen-bond donors (Lipinski definition) is 3. The number of carboxylic acids is 1. The summed E-state index contributed by atoms with van der Waals surface area (Å²) < 4.78 is 0. The van der Waals surface area contributed by atoms with Gasteiger partial charge in [-0.3, -0.25) is 0 Å². The maximum Gasteiger partial charge on any atom is 0.354 e. The number of aromatic carboxylic acids is 1. The van der Waals surface area contributed by atoms with Gasteiger partial charge in [0, 0.05) is 12.5 Å². The summed E-state index contributed by atoms with van der Waals surface area (Å²) in [5.74, 6) is 1.37. The molecule has 1 unspecified atom stereocenters. The first-order chi connectivity index (χ1) is 9.06. The van der Waals surface area contributed by atoms with Crippen LogP contribution in [-0.4, -0.2) is 28.1 Å².